The lowest BCUT2D eigenvalue weighted by molar-refractivity contribution is -0.120. The average molecular weight is 205 g/mol. The summed E-state index contributed by atoms with van der Waals surface area (Å²) < 4.78 is 5.09. The highest BCUT2D eigenvalue weighted by molar-refractivity contribution is 5.79. The summed E-state index contributed by atoms with van der Waals surface area (Å²) in [5, 5.41) is 0. The fraction of sp³-hybridized carbons (Fsp3) is 0.500. The highest BCUT2D eigenvalue weighted by Crippen LogP contribution is 2.31. The number of Topliss-reactive ketones (excluding diaryl/α,β-unsaturated/α-hetero) is 1. The third-order valence-corrected chi connectivity index (χ3v) is 2.98. The smallest absolute Gasteiger partial charge is 0.213 e. The molecule has 1 aliphatic carbocycles. The SMILES string of the molecule is COc1cc(C2CCC(=O)CC2)ccn1. The molecule has 15 heavy (non-hydrogen) atoms. The van der Waals surface area contributed by atoms with E-state index in [4.69, 9.17) is 4.74 Å². The fourth-order valence-corrected chi connectivity index (χ4v) is 2.06. The van der Waals surface area contributed by atoms with Gasteiger partial charge in [-0.1, -0.05) is 0 Å². The zero-order valence-electron chi connectivity index (χ0n) is 8.90. The van der Waals surface area contributed by atoms with E-state index in [1.54, 1.807) is 13.3 Å². The van der Waals surface area contributed by atoms with Gasteiger partial charge in [0.2, 0.25) is 5.88 Å². The third-order valence-electron chi connectivity index (χ3n) is 2.98. The summed E-state index contributed by atoms with van der Waals surface area (Å²) >= 11 is 0. The molecule has 3 nitrogen and oxygen atoms in total. The molecule has 0 radical (unpaired) electrons. The van der Waals surface area contributed by atoms with Crippen LogP contribution in [0.3, 0.4) is 0 Å². The van der Waals surface area contributed by atoms with E-state index in [1.807, 2.05) is 12.1 Å². The number of rotatable bonds is 2. The molecule has 0 bridgehead atoms. The zero-order valence-corrected chi connectivity index (χ0v) is 8.90. The van der Waals surface area contributed by atoms with Crippen LogP contribution >= 0.6 is 0 Å². The van der Waals surface area contributed by atoms with Crippen molar-refractivity contribution in [1.82, 2.24) is 4.98 Å². The molecule has 0 aliphatic heterocycles. The average Bonchev–Trinajstić information content (AvgIpc) is 2.30. The molecule has 0 atom stereocenters. The monoisotopic (exact) mass is 205 g/mol. The van der Waals surface area contributed by atoms with Crippen molar-refractivity contribution in [3.8, 4) is 5.88 Å². The number of carbonyl (C=O) groups is 1. The Kier molecular flexibility index (Phi) is 2.99. The van der Waals surface area contributed by atoms with E-state index in [2.05, 4.69) is 4.98 Å². The molecule has 0 N–H and O–H groups in total. The van der Waals surface area contributed by atoms with Crippen molar-refractivity contribution < 1.29 is 9.53 Å². The first-order chi connectivity index (χ1) is 7.29. The molecule has 1 saturated carbocycles. The normalized spacial score (nSPS) is 17.8. The van der Waals surface area contributed by atoms with Crippen molar-refractivity contribution >= 4 is 5.78 Å². The van der Waals surface area contributed by atoms with Crippen LogP contribution in [0.15, 0.2) is 18.3 Å². The number of carbonyl (C=O) groups excluding carboxylic acids is 1. The van der Waals surface area contributed by atoms with Crippen LogP contribution in [0.5, 0.6) is 5.88 Å². The molecular formula is C12H15NO2. The minimum Gasteiger partial charge on any atom is -0.481 e. The van der Waals surface area contributed by atoms with Crippen molar-refractivity contribution in [3.63, 3.8) is 0 Å². The van der Waals surface area contributed by atoms with Crippen molar-refractivity contribution in [2.45, 2.75) is 31.6 Å². The van der Waals surface area contributed by atoms with Gasteiger partial charge >= 0.3 is 0 Å². The van der Waals surface area contributed by atoms with E-state index in [9.17, 15) is 4.79 Å². The van der Waals surface area contributed by atoms with Crippen LogP contribution in [-0.4, -0.2) is 17.9 Å². The Balaban J connectivity index is 2.11. The number of hydrogen-bond acceptors (Lipinski definition) is 3. The van der Waals surface area contributed by atoms with Crippen molar-refractivity contribution in [1.29, 1.82) is 0 Å². The van der Waals surface area contributed by atoms with E-state index in [1.165, 1.54) is 5.56 Å². The summed E-state index contributed by atoms with van der Waals surface area (Å²) in [4.78, 5) is 15.2. The van der Waals surface area contributed by atoms with E-state index in [0.29, 0.717) is 17.6 Å². The van der Waals surface area contributed by atoms with Gasteiger partial charge in [0.15, 0.2) is 0 Å². The number of aromatic nitrogens is 1. The maximum Gasteiger partial charge on any atom is 0.213 e. The molecule has 3 heteroatoms. The third kappa shape index (κ3) is 2.35. The molecule has 0 aromatic carbocycles. The summed E-state index contributed by atoms with van der Waals surface area (Å²) in [5.41, 5.74) is 1.24. The Morgan fingerprint density at radius 3 is 2.80 bits per heavy atom. The second-order valence-electron chi connectivity index (χ2n) is 3.94. The molecule has 1 heterocycles. The molecule has 2 rings (SSSR count). The van der Waals surface area contributed by atoms with Crippen molar-refractivity contribution in [3.05, 3.63) is 23.9 Å². The molecule has 1 fully saturated rings. The van der Waals surface area contributed by atoms with Crippen LogP contribution in [0.25, 0.3) is 0 Å². The van der Waals surface area contributed by atoms with Crippen LogP contribution in [0.1, 0.15) is 37.2 Å². The van der Waals surface area contributed by atoms with Crippen LogP contribution in [0, 0.1) is 0 Å². The van der Waals surface area contributed by atoms with Gasteiger partial charge in [-0.05, 0) is 30.4 Å². The van der Waals surface area contributed by atoms with Gasteiger partial charge in [-0.25, -0.2) is 4.98 Å². The summed E-state index contributed by atoms with van der Waals surface area (Å²) in [6.07, 6.45) is 5.13. The van der Waals surface area contributed by atoms with Crippen molar-refractivity contribution in [2.75, 3.05) is 7.11 Å². The first kappa shape index (κ1) is 10.1. The second kappa shape index (κ2) is 4.43. The van der Waals surface area contributed by atoms with E-state index >= 15 is 0 Å². The zero-order chi connectivity index (χ0) is 10.7. The van der Waals surface area contributed by atoms with Crippen LogP contribution in [0.4, 0.5) is 0 Å². The lowest BCUT2D eigenvalue weighted by Gasteiger charge is -2.21. The second-order valence-corrected chi connectivity index (χ2v) is 3.94. The number of nitrogens with zero attached hydrogens (tertiary/aromatic N) is 1. The van der Waals surface area contributed by atoms with E-state index < -0.39 is 0 Å². The highest BCUT2D eigenvalue weighted by atomic mass is 16.5. The summed E-state index contributed by atoms with van der Waals surface area (Å²) in [5.74, 6) is 1.55. The Morgan fingerprint density at radius 2 is 2.13 bits per heavy atom. The largest absolute Gasteiger partial charge is 0.481 e. The molecule has 0 amide bonds. The Labute approximate surface area is 89.5 Å². The Bertz CT molecular complexity index is 352. The van der Waals surface area contributed by atoms with Crippen LogP contribution in [0.2, 0.25) is 0 Å². The summed E-state index contributed by atoms with van der Waals surface area (Å²) in [7, 11) is 1.62. The van der Waals surface area contributed by atoms with Crippen LogP contribution in [-0.2, 0) is 4.79 Å². The maximum atomic E-state index is 11.1. The van der Waals surface area contributed by atoms with E-state index in [0.717, 1.165) is 25.7 Å². The lowest BCUT2D eigenvalue weighted by atomic mass is 9.84. The minimum absolute atomic E-state index is 0.396. The predicted molar refractivity (Wildman–Crippen MR) is 57.0 cm³/mol. The molecule has 1 aromatic heterocycles. The van der Waals surface area contributed by atoms with E-state index in [-0.39, 0.29) is 0 Å². The quantitative estimate of drug-likeness (QED) is 0.743. The summed E-state index contributed by atoms with van der Waals surface area (Å²) in [6.45, 7) is 0. The van der Waals surface area contributed by atoms with Gasteiger partial charge in [0, 0.05) is 25.1 Å². The van der Waals surface area contributed by atoms with Gasteiger partial charge in [-0.3, -0.25) is 4.79 Å². The topological polar surface area (TPSA) is 39.2 Å². The highest BCUT2D eigenvalue weighted by Gasteiger charge is 2.20. The minimum atomic E-state index is 0.396. The summed E-state index contributed by atoms with van der Waals surface area (Å²) in [6, 6.07) is 3.99. The molecule has 80 valence electrons. The molecule has 1 aromatic rings. The number of methoxy groups -OCH3 is 1. The van der Waals surface area contributed by atoms with Gasteiger partial charge in [-0.15, -0.1) is 0 Å². The van der Waals surface area contributed by atoms with Gasteiger partial charge in [0.1, 0.15) is 5.78 Å². The van der Waals surface area contributed by atoms with Gasteiger partial charge in [0.25, 0.3) is 0 Å². The first-order valence-electron chi connectivity index (χ1n) is 5.31. The number of hydrogen-bond donors (Lipinski definition) is 0. The number of ketones is 1. The molecule has 0 saturated heterocycles. The molecular weight excluding hydrogens is 190 g/mol. The molecule has 1 aliphatic rings. The molecule has 0 unspecified atom stereocenters. The van der Waals surface area contributed by atoms with Crippen molar-refractivity contribution in [2.24, 2.45) is 0 Å². The fourth-order valence-electron chi connectivity index (χ4n) is 2.06. The van der Waals surface area contributed by atoms with Gasteiger partial charge in [0.05, 0.1) is 7.11 Å². The maximum absolute atomic E-state index is 11.1. The number of pyridine rings is 1. The lowest BCUT2D eigenvalue weighted by Crippen LogP contribution is -2.12. The Morgan fingerprint density at radius 1 is 1.40 bits per heavy atom. The first-order valence-corrected chi connectivity index (χ1v) is 5.31. The van der Waals surface area contributed by atoms with Crippen LogP contribution < -0.4 is 4.74 Å². The standard InChI is InChI=1S/C12H15NO2/c1-15-12-8-10(6-7-13-12)9-2-4-11(14)5-3-9/h6-9H,2-5H2,1H3. The number of ether oxygens (including phenoxy) is 1. The van der Waals surface area contributed by atoms with Gasteiger partial charge in [-0.2, -0.15) is 0 Å². The van der Waals surface area contributed by atoms with Gasteiger partial charge < -0.3 is 4.74 Å². The predicted octanol–water partition coefficient (Wildman–Crippen LogP) is 2.32. The molecule has 0 spiro atoms. The Hall–Kier alpha value is -1.38.